The largest absolute Gasteiger partial charge is 0.491 e. The van der Waals surface area contributed by atoms with Crippen LogP contribution in [-0.4, -0.2) is 29.0 Å². The highest BCUT2D eigenvalue weighted by Gasteiger charge is 2.40. The van der Waals surface area contributed by atoms with Gasteiger partial charge in [-0.05, 0) is 49.7 Å². The van der Waals surface area contributed by atoms with E-state index in [0.717, 1.165) is 10.5 Å². The minimum atomic E-state index is -1.11. The van der Waals surface area contributed by atoms with Crippen LogP contribution in [0.25, 0.3) is 0 Å². The molecule has 0 spiro atoms. The van der Waals surface area contributed by atoms with Gasteiger partial charge in [-0.2, -0.15) is 0 Å². The van der Waals surface area contributed by atoms with Crippen LogP contribution in [-0.2, 0) is 9.59 Å². The van der Waals surface area contributed by atoms with Crippen LogP contribution in [0.15, 0.2) is 48.5 Å². The molecule has 2 amide bonds. The Balaban J connectivity index is 1.85. The van der Waals surface area contributed by atoms with E-state index < -0.39 is 11.9 Å². The summed E-state index contributed by atoms with van der Waals surface area (Å²) in [6.07, 6.45) is 0.105. The van der Waals surface area contributed by atoms with Crippen molar-refractivity contribution in [1.29, 1.82) is 0 Å². The maximum absolute atomic E-state index is 12.8. The number of anilines is 1. The van der Waals surface area contributed by atoms with E-state index in [1.807, 2.05) is 13.8 Å². The van der Waals surface area contributed by atoms with E-state index >= 15 is 0 Å². The topological polar surface area (TPSA) is 83.9 Å². The van der Waals surface area contributed by atoms with Crippen LogP contribution < -0.4 is 9.64 Å². The van der Waals surface area contributed by atoms with E-state index in [0.29, 0.717) is 5.75 Å². The second kappa shape index (κ2) is 7.00. The van der Waals surface area contributed by atoms with Gasteiger partial charge in [-0.3, -0.25) is 9.59 Å². The summed E-state index contributed by atoms with van der Waals surface area (Å²) in [7, 11) is 0. The Bertz CT molecular complexity index is 857. The number of imide groups is 1. The molecule has 1 N–H and O–H groups in total. The quantitative estimate of drug-likeness (QED) is 0.835. The maximum atomic E-state index is 12.8. The summed E-state index contributed by atoms with van der Waals surface area (Å²) in [6.45, 7) is 3.85. The van der Waals surface area contributed by atoms with Crippen molar-refractivity contribution in [3.05, 3.63) is 59.7 Å². The monoisotopic (exact) mass is 353 g/mol. The second-order valence-electron chi connectivity index (χ2n) is 6.42. The third kappa shape index (κ3) is 3.44. The lowest BCUT2D eigenvalue weighted by atomic mass is 9.97. The predicted octanol–water partition coefficient (Wildman–Crippen LogP) is 3.22. The highest BCUT2D eigenvalue weighted by Crippen LogP contribution is 2.34. The first-order valence-corrected chi connectivity index (χ1v) is 8.33. The number of carboxylic acids is 1. The molecule has 1 saturated heterocycles. The van der Waals surface area contributed by atoms with E-state index in [1.165, 1.54) is 18.2 Å². The lowest BCUT2D eigenvalue weighted by Crippen LogP contribution is -2.30. The molecule has 0 bridgehead atoms. The Morgan fingerprint density at radius 1 is 1.15 bits per heavy atom. The molecule has 1 fully saturated rings. The normalized spacial score (nSPS) is 17.0. The van der Waals surface area contributed by atoms with Gasteiger partial charge in [0.1, 0.15) is 5.75 Å². The average Bonchev–Trinajstić information content (AvgIpc) is 2.89. The number of carboxylic acid groups (broad SMARTS) is 1. The van der Waals surface area contributed by atoms with Gasteiger partial charge in [0.25, 0.3) is 0 Å². The standard InChI is InChI=1S/C20H19NO5/c1-12(2)26-16-8-6-13(7-9-16)17-11-18(22)21(19(17)23)15-5-3-4-14(10-15)20(24)25/h3-10,12,17H,11H2,1-2H3,(H,24,25). The molecule has 0 saturated carbocycles. The summed E-state index contributed by atoms with van der Waals surface area (Å²) < 4.78 is 5.59. The van der Waals surface area contributed by atoms with Gasteiger partial charge < -0.3 is 9.84 Å². The lowest BCUT2D eigenvalue weighted by molar-refractivity contribution is -0.121. The molecule has 2 aromatic rings. The summed E-state index contributed by atoms with van der Waals surface area (Å²) >= 11 is 0. The van der Waals surface area contributed by atoms with Crippen molar-refractivity contribution >= 4 is 23.5 Å². The lowest BCUT2D eigenvalue weighted by Gasteiger charge is -2.16. The van der Waals surface area contributed by atoms with Crippen LogP contribution in [0.3, 0.4) is 0 Å². The van der Waals surface area contributed by atoms with Crippen LogP contribution in [0.4, 0.5) is 5.69 Å². The predicted molar refractivity (Wildman–Crippen MR) is 95.5 cm³/mol. The van der Waals surface area contributed by atoms with E-state index in [4.69, 9.17) is 9.84 Å². The van der Waals surface area contributed by atoms with Crippen molar-refractivity contribution in [3.8, 4) is 5.75 Å². The van der Waals surface area contributed by atoms with E-state index in [1.54, 1.807) is 30.3 Å². The molecule has 0 aliphatic carbocycles. The fraction of sp³-hybridized carbons (Fsp3) is 0.250. The third-order valence-electron chi connectivity index (χ3n) is 4.15. The summed E-state index contributed by atoms with van der Waals surface area (Å²) in [5, 5.41) is 9.10. The number of rotatable bonds is 5. The fourth-order valence-electron chi connectivity index (χ4n) is 2.99. The Morgan fingerprint density at radius 2 is 1.85 bits per heavy atom. The van der Waals surface area contributed by atoms with Crippen molar-refractivity contribution in [2.75, 3.05) is 4.90 Å². The van der Waals surface area contributed by atoms with Crippen molar-refractivity contribution in [3.63, 3.8) is 0 Å². The Kier molecular flexibility index (Phi) is 4.75. The van der Waals surface area contributed by atoms with Gasteiger partial charge in [0.2, 0.25) is 11.8 Å². The first-order valence-electron chi connectivity index (χ1n) is 8.33. The first-order chi connectivity index (χ1) is 12.4. The molecule has 2 aromatic carbocycles. The van der Waals surface area contributed by atoms with Crippen molar-refractivity contribution in [2.45, 2.75) is 32.3 Å². The molecule has 0 aromatic heterocycles. The number of aromatic carboxylic acids is 1. The van der Waals surface area contributed by atoms with Crippen LogP contribution in [0.2, 0.25) is 0 Å². The number of amides is 2. The second-order valence-corrected chi connectivity index (χ2v) is 6.42. The van der Waals surface area contributed by atoms with Crippen LogP contribution in [0.5, 0.6) is 5.75 Å². The molecule has 6 nitrogen and oxygen atoms in total. The molecule has 134 valence electrons. The summed E-state index contributed by atoms with van der Waals surface area (Å²) in [4.78, 5) is 37.4. The minimum absolute atomic E-state index is 0.0294. The summed E-state index contributed by atoms with van der Waals surface area (Å²) in [6, 6.07) is 13.0. The number of carbonyl (C=O) groups excluding carboxylic acids is 2. The summed E-state index contributed by atoms with van der Waals surface area (Å²) in [5.41, 5.74) is 1.04. The Labute approximate surface area is 151 Å². The number of hydrogen-bond acceptors (Lipinski definition) is 4. The highest BCUT2D eigenvalue weighted by atomic mass is 16.5. The van der Waals surface area contributed by atoms with Crippen molar-refractivity contribution in [1.82, 2.24) is 0 Å². The van der Waals surface area contributed by atoms with Crippen molar-refractivity contribution < 1.29 is 24.2 Å². The van der Waals surface area contributed by atoms with E-state index in [9.17, 15) is 14.4 Å². The van der Waals surface area contributed by atoms with Crippen molar-refractivity contribution in [2.24, 2.45) is 0 Å². The number of carbonyl (C=O) groups is 3. The van der Waals surface area contributed by atoms with E-state index in [-0.39, 0.29) is 35.6 Å². The molecule has 6 heteroatoms. The molecule has 1 aliphatic rings. The van der Waals surface area contributed by atoms with Crippen LogP contribution >= 0.6 is 0 Å². The highest BCUT2D eigenvalue weighted by molar-refractivity contribution is 6.22. The molecule has 26 heavy (non-hydrogen) atoms. The maximum Gasteiger partial charge on any atom is 0.335 e. The SMILES string of the molecule is CC(C)Oc1ccc(C2CC(=O)N(c3cccc(C(=O)O)c3)C2=O)cc1. The molecule has 1 heterocycles. The average molecular weight is 353 g/mol. The van der Waals surface area contributed by atoms with Gasteiger partial charge in [-0.1, -0.05) is 18.2 Å². The van der Waals surface area contributed by atoms with Gasteiger partial charge in [0.15, 0.2) is 0 Å². The zero-order valence-corrected chi connectivity index (χ0v) is 14.5. The number of ether oxygens (including phenoxy) is 1. The smallest absolute Gasteiger partial charge is 0.335 e. The zero-order valence-electron chi connectivity index (χ0n) is 14.5. The third-order valence-corrected chi connectivity index (χ3v) is 4.15. The molecular weight excluding hydrogens is 334 g/mol. The zero-order chi connectivity index (χ0) is 18.8. The van der Waals surface area contributed by atoms with Crippen LogP contribution in [0, 0.1) is 0 Å². The van der Waals surface area contributed by atoms with Gasteiger partial charge in [-0.15, -0.1) is 0 Å². The van der Waals surface area contributed by atoms with Gasteiger partial charge in [-0.25, -0.2) is 9.69 Å². The Hall–Kier alpha value is -3.15. The van der Waals surface area contributed by atoms with Gasteiger partial charge in [0.05, 0.1) is 23.3 Å². The molecule has 1 unspecified atom stereocenters. The number of hydrogen-bond donors (Lipinski definition) is 1. The molecule has 0 radical (unpaired) electrons. The van der Waals surface area contributed by atoms with Gasteiger partial charge >= 0.3 is 5.97 Å². The Morgan fingerprint density at radius 3 is 2.46 bits per heavy atom. The van der Waals surface area contributed by atoms with Gasteiger partial charge in [0, 0.05) is 6.42 Å². The minimum Gasteiger partial charge on any atom is -0.491 e. The fourth-order valence-corrected chi connectivity index (χ4v) is 2.99. The molecular formula is C20H19NO5. The molecule has 3 rings (SSSR count). The number of benzene rings is 2. The summed E-state index contributed by atoms with van der Waals surface area (Å²) in [5.74, 6) is -1.68. The first kappa shape index (κ1) is 17.7. The number of nitrogens with zero attached hydrogens (tertiary/aromatic N) is 1. The molecule has 1 atom stereocenters. The van der Waals surface area contributed by atoms with Crippen LogP contribution in [0.1, 0.15) is 42.1 Å². The van der Waals surface area contributed by atoms with E-state index in [2.05, 4.69) is 0 Å². The molecule has 1 aliphatic heterocycles.